The Bertz CT molecular complexity index is 940. The molecule has 1 heterocycles. The molecule has 144 valence electrons. The van der Waals surface area contributed by atoms with E-state index >= 15 is 0 Å². The van der Waals surface area contributed by atoms with E-state index < -0.39 is 6.04 Å². The fourth-order valence-corrected chi connectivity index (χ4v) is 3.99. The summed E-state index contributed by atoms with van der Waals surface area (Å²) in [6.07, 6.45) is 1.69. The van der Waals surface area contributed by atoms with Crippen molar-refractivity contribution in [3.63, 3.8) is 0 Å². The number of carbonyl (C=O) groups excluding carboxylic acids is 2. The largest absolute Gasteiger partial charge is 0.508 e. The molecule has 2 aromatic carbocycles. The van der Waals surface area contributed by atoms with Crippen LogP contribution in [0.25, 0.3) is 6.08 Å². The van der Waals surface area contributed by atoms with Crippen molar-refractivity contribution < 1.29 is 19.4 Å². The van der Waals surface area contributed by atoms with Crippen molar-refractivity contribution in [2.24, 2.45) is 0 Å². The number of amides is 2. The van der Waals surface area contributed by atoms with Gasteiger partial charge >= 0.3 is 0 Å². The summed E-state index contributed by atoms with van der Waals surface area (Å²) in [6.45, 7) is 1.63. The van der Waals surface area contributed by atoms with E-state index in [-0.39, 0.29) is 17.6 Å². The molecule has 28 heavy (non-hydrogen) atoms. The van der Waals surface area contributed by atoms with E-state index in [2.05, 4.69) is 5.32 Å². The van der Waals surface area contributed by atoms with Gasteiger partial charge in [-0.3, -0.25) is 14.5 Å². The topological polar surface area (TPSA) is 78.9 Å². The van der Waals surface area contributed by atoms with Crippen LogP contribution in [0.4, 0.5) is 5.69 Å². The Morgan fingerprint density at radius 2 is 1.86 bits per heavy atom. The maximum absolute atomic E-state index is 12.8. The van der Waals surface area contributed by atoms with Gasteiger partial charge in [-0.05, 0) is 55.0 Å². The highest BCUT2D eigenvalue weighted by Crippen LogP contribution is 2.34. The zero-order valence-electron chi connectivity index (χ0n) is 15.2. The number of rotatable bonds is 5. The number of anilines is 1. The summed E-state index contributed by atoms with van der Waals surface area (Å²) < 4.78 is 5.42. The number of carbonyl (C=O) groups is 2. The van der Waals surface area contributed by atoms with Crippen LogP contribution in [0.15, 0.2) is 53.4 Å². The molecular formula is C20H18N2O4S2. The van der Waals surface area contributed by atoms with Gasteiger partial charge in [-0.1, -0.05) is 36.1 Å². The third kappa shape index (κ3) is 4.35. The molecule has 0 bridgehead atoms. The van der Waals surface area contributed by atoms with Crippen LogP contribution in [0.5, 0.6) is 11.5 Å². The van der Waals surface area contributed by atoms with Crippen LogP contribution >= 0.6 is 24.0 Å². The molecule has 2 N–H and O–H groups in total. The van der Waals surface area contributed by atoms with Crippen molar-refractivity contribution in [1.82, 2.24) is 4.90 Å². The zero-order chi connectivity index (χ0) is 20.3. The molecule has 8 heteroatoms. The number of ether oxygens (including phenoxy) is 1. The number of benzene rings is 2. The van der Waals surface area contributed by atoms with Gasteiger partial charge in [-0.25, -0.2) is 0 Å². The minimum atomic E-state index is -0.764. The van der Waals surface area contributed by atoms with Gasteiger partial charge in [0.05, 0.1) is 12.0 Å². The molecule has 0 aromatic heterocycles. The smallest absolute Gasteiger partial charge is 0.266 e. The lowest BCUT2D eigenvalue weighted by Crippen LogP contribution is -2.44. The van der Waals surface area contributed by atoms with E-state index in [1.54, 1.807) is 56.5 Å². The fraction of sp³-hybridized carbons (Fsp3) is 0.150. The van der Waals surface area contributed by atoms with Crippen LogP contribution in [0, 0.1) is 0 Å². The predicted molar refractivity (Wildman–Crippen MR) is 114 cm³/mol. The van der Waals surface area contributed by atoms with E-state index in [0.29, 0.717) is 20.7 Å². The second-order valence-corrected chi connectivity index (χ2v) is 7.71. The second kappa shape index (κ2) is 8.45. The van der Waals surface area contributed by atoms with Crippen LogP contribution in [-0.4, -0.2) is 39.3 Å². The molecule has 1 aliphatic heterocycles. The van der Waals surface area contributed by atoms with Crippen LogP contribution in [0.3, 0.4) is 0 Å². The van der Waals surface area contributed by atoms with Gasteiger partial charge in [-0.15, -0.1) is 0 Å². The first-order valence-corrected chi connectivity index (χ1v) is 9.62. The Balaban J connectivity index is 1.72. The van der Waals surface area contributed by atoms with Crippen molar-refractivity contribution in [2.75, 3.05) is 12.4 Å². The minimum Gasteiger partial charge on any atom is -0.508 e. The number of nitrogens with zero attached hydrogens (tertiary/aromatic N) is 1. The Kier molecular flexibility index (Phi) is 6.01. The first kappa shape index (κ1) is 19.9. The number of nitrogens with one attached hydrogen (secondary N) is 1. The van der Waals surface area contributed by atoms with E-state index in [1.165, 1.54) is 17.0 Å². The molecular weight excluding hydrogens is 396 g/mol. The van der Waals surface area contributed by atoms with Crippen LogP contribution in [0.2, 0.25) is 0 Å². The predicted octanol–water partition coefficient (Wildman–Crippen LogP) is 3.63. The SMILES string of the molecule is COc1ccc(NC(=O)C(C)N2C(=O)/C(=C/c3ccc(O)cc3)SC2=S)cc1. The average molecular weight is 415 g/mol. The standard InChI is InChI=1S/C20H18N2O4S2/c1-12(18(24)21-14-5-9-16(26-2)10-6-14)22-19(25)17(28-20(22)27)11-13-3-7-15(23)8-4-13/h3-12,23H,1-2H3,(H,21,24)/b17-11-. The van der Waals surface area contributed by atoms with E-state index in [0.717, 1.165) is 17.3 Å². The Morgan fingerprint density at radius 1 is 1.21 bits per heavy atom. The molecule has 0 spiro atoms. The number of phenolic OH excluding ortho intramolecular Hbond substituents is 1. The summed E-state index contributed by atoms with van der Waals surface area (Å²) in [4.78, 5) is 27.1. The van der Waals surface area contributed by atoms with Gasteiger partial charge in [0.2, 0.25) is 5.91 Å². The van der Waals surface area contributed by atoms with E-state index in [9.17, 15) is 14.7 Å². The number of phenols is 1. The van der Waals surface area contributed by atoms with Gasteiger partial charge < -0.3 is 15.2 Å². The fourth-order valence-electron chi connectivity index (χ4n) is 2.57. The van der Waals surface area contributed by atoms with Crippen molar-refractivity contribution in [1.29, 1.82) is 0 Å². The van der Waals surface area contributed by atoms with Gasteiger partial charge in [-0.2, -0.15) is 0 Å². The van der Waals surface area contributed by atoms with Crippen LogP contribution < -0.4 is 10.1 Å². The van der Waals surface area contributed by atoms with Crippen LogP contribution in [0.1, 0.15) is 12.5 Å². The number of hydrogen-bond donors (Lipinski definition) is 2. The quantitative estimate of drug-likeness (QED) is 0.575. The molecule has 1 aliphatic rings. The van der Waals surface area contributed by atoms with Crippen LogP contribution in [-0.2, 0) is 9.59 Å². The minimum absolute atomic E-state index is 0.147. The lowest BCUT2D eigenvalue weighted by Gasteiger charge is -2.22. The Hall–Kier alpha value is -2.84. The molecule has 1 fully saturated rings. The summed E-state index contributed by atoms with van der Waals surface area (Å²) >= 11 is 6.46. The third-order valence-electron chi connectivity index (χ3n) is 4.14. The summed E-state index contributed by atoms with van der Waals surface area (Å²) in [7, 11) is 1.57. The lowest BCUT2D eigenvalue weighted by atomic mass is 10.2. The molecule has 2 aromatic rings. The molecule has 6 nitrogen and oxygen atoms in total. The summed E-state index contributed by atoms with van der Waals surface area (Å²) in [6, 6.07) is 12.6. The third-order valence-corrected chi connectivity index (χ3v) is 5.47. The van der Waals surface area contributed by atoms with Gasteiger partial charge in [0.25, 0.3) is 5.91 Å². The zero-order valence-corrected chi connectivity index (χ0v) is 16.8. The Morgan fingerprint density at radius 3 is 2.46 bits per heavy atom. The molecule has 2 amide bonds. The number of methoxy groups -OCH3 is 1. The van der Waals surface area contributed by atoms with Crippen molar-refractivity contribution in [3.05, 3.63) is 59.0 Å². The number of thiocarbonyl (C=S) groups is 1. The van der Waals surface area contributed by atoms with Crippen molar-refractivity contribution in [2.45, 2.75) is 13.0 Å². The first-order valence-electron chi connectivity index (χ1n) is 8.40. The van der Waals surface area contributed by atoms with Gasteiger partial charge in [0.15, 0.2) is 0 Å². The number of thioether (sulfide) groups is 1. The highest BCUT2D eigenvalue weighted by molar-refractivity contribution is 8.26. The Labute approximate surface area is 172 Å². The first-order chi connectivity index (χ1) is 13.4. The average Bonchev–Trinajstić information content (AvgIpc) is 2.96. The summed E-state index contributed by atoms with van der Waals surface area (Å²) in [5, 5.41) is 12.1. The lowest BCUT2D eigenvalue weighted by molar-refractivity contribution is -0.129. The highest BCUT2D eigenvalue weighted by Gasteiger charge is 2.38. The second-order valence-electron chi connectivity index (χ2n) is 6.04. The molecule has 3 rings (SSSR count). The number of aromatic hydroxyl groups is 1. The monoisotopic (exact) mass is 414 g/mol. The van der Waals surface area contributed by atoms with Gasteiger partial charge in [0.1, 0.15) is 21.9 Å². The number of hydrogen-bond acceptors (Lipinski definition) is 6. The molecule has 0 saturated carbocycles. The maximum atomic E-state index is 12.8. The molecule has 1 unspecified atom stereocenters. The van der Waals surface area contributed by atoms with Crippen molar-refractivity contribution >= 4 is 51.9 Å². The van der Waals surface area contributed by atoms with Crippen molar-refractivity contribution in [3.8, 4) is 11.5 Å². The molecule has 0 radical (unpaired) electrons. The van der Waals surface area contributed by atoms with E-state index in [1.807, 2.05) is 0 Å². The van der Waals surface area contributed by atoms with Gasteiger partial charge in [0, 0.05) is 5.69 Å². The molecule has 0 aliphatic carbocycles. The highest BCUT2D eigenvalue weighted by atomic mass is 32.2. The maximum Gasteiger partial charge on any atom is 0.266 e. The van der Waals surface area contributed by atoms with E-state index in [4.69, 9.17) is 17.0 Å². The normalized spacial score (nSPS) is 16.4. The summed E-state index contributed by atoms with van der Waals surface area (Å²) in [5.41, 5.74) is 1.36. The molecule has 1 saturated heterocycles. The molecule has 1 atom stereocenters. The summed E-state index contributed by atoms with van der Waals surface area (Å²) in [5.74, 6) is 0.170.